The van der Waals surface area contributed by atoms with Crippen molar-refractivity contribution in [1.82, 2.24) is 9.10 Å². The molecule has 10 heteroatoms. The summed E-state index contributed by atoms with van der Waals surface area (Å²) in [6.07, 6.45) is 0. The van der Waals surface area contributed by atoms with Crippen LogP contribution in [0.25, 0.3) is 10.6 Å². The van der Waals surface area contributed by atoms with Gasteiger partial charge in [-0.3, -0.25) is 14.9 Å². The van der Waals surface area contributed by atoms with Crippen LogP contribution in [0.15, 0.2) is 9.69 Å². The molecule has 3 aliphatic rings. The van der Waals surface area contributed by atoms with Crippen molar-refractivity contribution in [2.75, 3.05) is 0 Å². The van der Waals surface area contributed by atoms with E-state index in [1.165, 1.54) is 0 Å². The molecule has 0 saturated heterocycles. The molecular formula is C6N3O3S4. The molecule has 0 atom stereocenters. The summed E-state index contributed by atoms with van der Waals surface area (Å²) in [5.41, 5.74) is -0.0349. The van der Waals surface area contributed by atoms with E-state index in [1.54, 1.807) is 0 Å². The van der Waals surface area contributed by atoms with Gasteiger partial charge in [-0.15, -0.1) is 0 Å². The van der Waals surface area contributed by atoms with E-state index in [0.717, 1.165) is 42.7 Å². The third kappa shape index (κ3) is 1.27. The van der Waals surface area contributed by atoms with Gasteiger partial charge in [-0.1, -0.05) is 10.3 Å². The molecular weight excluding hydrogens is 290 g/mol. The Morgan fingerprint density at radius 2 is 2.19 bits per heavy atom. The molecule has 81 valence electrons. The first kappa shape index (κ1) is 10.3. The number of nitro benzene ring substituents is 1. The van der Waals surface area contributed by atoms with E-state index in [1.807, 2.05) is 0 Å². The van der Waals surface area contributed by atoms with Crippen molar-refractivity contribution in [2.24, 2.45) is 0 Å². The summed E-state index contributed by atoms with van der Waals surface area (Å²) in [5.74, 6) is 0. The highest BCUT2D eigenvalue weighted by atomic mass is 33.1. The third-order valence-electron chi connectivity index (χ3n) is 1.97. The quantitative estimate of drug-likeness (QED) is 0.347. The summed E-state index contributed by atoms with van der Waals surface area (Å²) < 4.78 is 7.81. The number of hydrogen-bond donors (Lipinski definition) is 0. The predicted molar refractivity (Wildman–Crippen MR) is 64.8 cm³/mol. The Morgan fingerprint density at radius 1 is 1.38 bits per heavy atom. The normalized spacial score (nSPS) is 13.8. The standard InChI is InChI=1S/C6N3O3S4/c10-4-1-5(13-15-7-1)3(9(11)12)6-2(4)8-16-14-6. The van der Waals surface area contributed by atoms with Gasteiger partial charge < -0.3 is 0 Å². The topological polar surface area (TPSA) is 87.2 Å². The average Bonchev–Trinajstić information content (AvgIpc) is 2.84. The molecule has 16 heavy (non-hydrogen) atoms. The van der Waals surface area contributed by atoms with Crippen LogP contribution in [0.1, 0.15) is 0 Å². The van der Waals surface area contributed by atoms with Gasteiger partial charge in [0.1, 0.15) is 15.5 Å². The SMILES string of the molecule is O=c1c2nssc-2c([N+](=O)[O-])c2c1[N]SS2. The van der Waals surface area contributed by atoms with Gasteiger partial charge in [0.15, 0.2) is 5.69 Å². The maximum atomic E-state index is 11.9. The van der Waals surface area contributed by atoms with E-state index in [0.29, 0.717) is 9.77 Å². The summed E-state index contributed by atoms with van der Waals surface area (Å²) >= 11 is 0. The minimum absolute atomic E-state index is 0.0397. The van der Waals surface area contributed by atoms with Crippen LogP contribution in [-0.2, 0) is 0 Å². The lowest BCUT2D eigenvalue weighted by atomic mass is 10.2. The molecule has 0 spiro atoms. The minimum atomic E-state index is -0.472. The second-order valence-electron chi connectivity index (χ2n) is 2.79. The molecule has 0 aromatic carbocycles. The Morgan fingerprint density at radius 3 is 2.94 bits per heavy atom. The summed E-state index contributed by atoms with van der Waals surface area (Å²) in [6.45, 7) is 0. The van der Waals surface area contributed by atoms with E-state index in [-0.39, 0.29) is 22.5 Å². The van der Waals surface area contributed by atoms with Crippen molar-refractivity contribution in [2.45, 2.75) is 4.90 Å². The van der Waals surface area contributed by atoms with Crippen LogP contribution in [0, 0.1) is 10.1 Å². The number of nitrogens with zero attached hydrogens (tertiary/aromatic N) is 3. The van der Waals surface area contributed by atoms with Gasteiger partial charge in [0, 0.05) is 21.5 Å². The fourth-order valence-electron chi connectivity index (χ4n) is 1.32. The second-order valence-corrected chi connectivity index (χ2v) is 6.50. The van der Waals surface area contributed by atoms with Crippen molar-refractivity contribution in [1.29, 1.82) is 0 Å². The molecule has 1 aliphatic carbocycles. The summed E-state index contributed by atoms with van der Waals surface area (Å²) in [6, 6.07) is 0. The summed E-state index contributed by atoms with van der Waals surface area (Å²) in [5, 5.41) is 11.0. The van der Waals surface area contributed by atoms with Gasteiger partial charge in [-0.05, 0) is 10.8 Å². The predicted octanol–water partition coefficient (Wildman–Crippen LogP) is 2.48. The van der Waals surface area contributed by atoms with Crippen molar-refractivity contribution < 1.29 is 4.92 Å². The first-order valence-electron chi connectivity index (χ1n) is 3.85. The summed E-state index contributed by atoms with van der Waals surface area (Å²) in [4.78, 5) is 23.1. The number of fused-ring (bicyclic) bond motifs is 2. The average molecular weight is 290 g/mol. The van der Waals surface area contributed by atoms with Gasteiger partial charge in [-0.2, -0.15) is 9.10 Å². The van der Waals surface area contributed by atoms with E-state index < -0.39 is 4.92 Å². The fourth-order valence-corrected chi connectivity index (χ4v) is 5.23. The highest BCUT2D eigenvalue weighted by Crippen LogP contribution is 2.52. The lowest BCUT2D eigenvalue weighted by Crippen LogP contribution is -2.10. The zero-order chi connectivity index (χ0) is 11.3. The smallest absolute Gasteiger partial charge is 0.285 e. The second kappa shape index (κ2) is 3.58. The highest BCUT2D eigenvalue weighted by Gasteiger charge is 2.36. The van der Waals surface area contributed by atoms with Crippen molar-refractivity contribution in [3.63, 3.8) is 0 Å². The van der Waals surface area contributed by atoms with Crippen LogP contribution >= 0.6 is 42.7 Å². The zero-order valence-corrected chi connectivity index (χ0v) is 10.5. The molecule has 0 bridgehead atoms. The number of rotatable bonds is 1. The minimum Gasteiger partial charge on any atom is -0.285 e. The van der Waals surface area contributed by atoms with Gasteiger partial charge >= 0.3 is 5.69 Å². The molecule has 6 nitrogen and oxygen atoms in total. The fraction of sp³-hybridized carbons (Fsp3) is 0. The van der Waals surface area contributed by atoms with Gasteiger partial charge in [0.05, 0.1) is 4.92 Å². The van der Waals surface area contributed by atoms with Crippen molar-refractivity contribution in [3.8, 4) is 10.6 Å². The molecule has 0 aromatic heterocycles. The lowest BCUT2D eigenvalue weighted by Gasteiger charge is -2.00. The first-order chi connectivity index (χ1) is 7.70. The molecule has 0 amide bonds. The Balaban J connectivity index is 2.50. The van der Waals surface area contributed by atoms with Crippen LogP contribution in [0.5, 0.6) is 0 Å². The number of benzene rings is 1. The van der Waals surface area contributed by atoms with Crippen LogP contribution in [0.3, 0.4) is 0 Å². The number of hydrogen-bond acceptors (Lipinski definition) is 8. The zero-order valence-electron chi connectivity index (χ0n) is 7.20. The van der Waals surface area contributed by atoms with Crippen LogP contribution in [0.4, 0.5) is 11.4 Å². The molecule has 3 rings (SSSR count). The Bertz CT molecular complexity index is 620. The number of aromatic nitrogens is 1. The van der Waals surface area contributed by atoms with Crippen LogP contribution in [0.2, 0.25) is 0 Å². The molecule has 0 saturated carbocycles. The monoisotopic (exact) mass is 290 g/mol. The van der Waals surface area contributed by atoms with E-state index in [9.17, 15) is 14.9 Å². The van der Waals surface area contributed by atoms with Gasteiger partial charge in [0.2, 0.25) is 5.43 Å². The Hall–Kier alpha value is -0.840. The molecule has 2 heterocycles. The maximum Gasteiger partial charge on any atom is 0.306 e. The third-order valence-corrected chi connectivity index (χ3v) is 5.64. The number of nitro groups is 1. The van der Waals surface area contributed by atoms with Crippen LogP contribution < -0.4 is 10.2 Å². The molecule has 0 fully saturated rings. The molecule has 2 aliphatic heterocycles. The maximum absolute atomic E-state index is 11.9. The van der Waals surface area contributed by atoms with E-state index >= 15 is 0 Å². The Labute approximate surface area is 104 Å². The van der Waals surface area contributed by atoms with E-state index in [2.05, 4.69) is 9.10 Å². The molecule has 1 radical (unpaired) electrons. The van der Waals surface area contributed by atoms with Crippen molar-refractivity contribution in [3.05, 3.63) is 20.3 Å². The molecule has 0 aromatic rings. The van der Waals surface area contributed by atoms with Gasteiger partial charge in [0.25, 0.3) is 0 Å². The molecule has 0 unspecified atom stereocenters. The Kier molecular flexibility index (Phi) is 2.31. The first-order valence-corrected chi connectivity index (χ1v) is 8.06. The van der Waals surface area contributed by atoms with Gasteiger partial charge in [-0.25, -0.2) is 0 Å². The summed E-state index contributed by atoms with van der Waals surface area (Å²) in [7, 11) is 4.45. The lowest BCUT2D eigenvalue weighted by molar-refractivity contribution is -0.386. The van der Waals surface area contributed by atoms with Crippen molar-refractivity contribution >= 4 is 54.0 Å². The van der Waals surface area contributed by atoms with Crippen LogP contribution in [-0.4, -0.2) is 9.30 Å². The largest absolute Gasteiger partial charge is 0.306 e. The highest BCUT2D eigenvalue weighted by molar-refractivity contribution is 8.76. The molecule has 0 N–H and O–H groups in total. The van der Waals surface area contributed by atoms with E-state index in [4.69, 9.17) is 0 Å².